The maximum absolute atomic E-state index is 13.0. The van der Waals surface area contributed by atoms with Crippen LogP contribution in [0.1, 0.15) is 41.2 Å². The van der Waals surface area contributed by atoms with Gasteiger partial charge in [0.1, 0.15) is 6.04 Å². The van der Waals surface area contributed by atoms with Gasteiger partial charge < -0.3 is 19.4 Å². The Balaban J connectivity index is 1.47. The number of piperidine rings is 1. The maximum atomic E-state index is 13.0. The SMILES string of the molecule is COc1ccc(C(=O)N2CCCC[C@@H]2C(=O)Nc2ccc(-n3nc(C)cc3C)cc2)o1. The van der Waals surface area contributed by atoms with Crippen molar-refractivity contribution in [2.45, 2.75) is 39.2 Å². The van der Waals surface area contributed by atoms with E-state index in [-0.39, 0.29) is 23.5 Å². The van der Waals surface area contributed by atoms with Gasteiger partial charge in [-0.05, 0) is 69.5 Å². The van der Waals surface area contributed by atoms with Crippen LogP contribution >= 0.6 is 0 Å². The number of aryl methyl sites for hydroxylation is 2. The van der Waals surface area contributed by atoms with Gasteiger partial charge in [0.15, 0.2) is 5.76 Å². The lowest BCUT2D eigenvalue weighted by Gasteiger charge is -2.34. The molecule has 0 spiro atoms. The summed E-state index contributed by atoms with van der Waals surface area (Å²) in [5, 5.41) is 7.42. The second kappa shape index (κ2) is 8.67. The fourth-order valence-corrected chi connectivity index (χ4v) is 3.94. The number of nitrogens with one attached hydrogen (secondary N) is 1. The first-order valence-corrected chi connectivity index (χ1v) is 10.4. The van der Waals surface area contributed by atoms with Gasteiger partial charge in [-0.15, -0.1) is 0 Å². The van der Waals surface area contributed by atoms with Crippen LogP contribution in [0.2, 0.25) is 0 Å². The van der Waals surface area contributed by atoms with Crippen molar-refractivity contribution in [2.75, 3.05) is 19.0 Å². The Labute approximate surface area is 180 Å². The normalized spacial score (nSPS) is 16.2. The molecule has 0 bridgehead atoms. The van der Waals surface area contributed by atoms with Crippen molar-refractivity contribution < 1.29 is 18.7 Å². The zero-order valence-corrected chi connectivity index (χ0v) is 17.9. The van der Waals surface area contributed by atoms with Crippen LogP contribution in [0, 0.1) is 13.8 Å². The topological polar surface area (TPSA) is 89.6 Å². The predicted octanol–water partition coefficient (Wildman–Crippen LogP) is 3.72. The van der Waals surface area contributed by atoms with Crippen molar-refractivity contribution in [1.29, 1.82) is 0 Å². The minimum Gasteiger partial charge on any atom is -0.468 e. The summed E-state index contributed by atoms with van der Waals surface area (Å²) in [7, 11) is 1.48. The Morgan fingerprint density at radius 1 is 1.13 bits per heavy atom. The molecule has 3 heterocycles. The molecule has 1 saturated heterocycles. The number of furan rings is 1. The van der Waals surface area contributed by atoms with E-state index in [0.717, 1.165) is 29.9 Å². The van der Waals surface area contributed by atoms with Gasteiger partial charge in [-0.25, -0.2) is 4.68 Å². The van der Waals surface area contributed by atoms with Gasteiger partial charge in [0.25, 0.3) is 11.9 Å². The van der Waals surface area contributed by atoms with Crippen molar-refractivity contribution >= 4 is 17.5 Å². The molecule has 1 fully saturated rings. The van der Waals surface area contributed by atoms with Crippen LogP contribution in [-0.2, 0) is 4.79 Å². The maximum Gasteiger partial charge on any atom is 0.290 e. The third-order valence-corrected chi connectivity index (χ3v) is 5.45. The van der Waals surface area contributed by atoms with Crippen LogP contribution in [0.3, 0.4) is 0 Å². The Morgan fingerprint density at radius 3 is 2.55 bits per heavy atom. The smallest absolute Gasteiger partial charge is 0.290 e. The molecule has 4 rings (SSSR count). The number of carbonyl (C=O) groups is 2. The number of ether oxygens (including phenoxy) is 1. The molecule has 0 saturated carbocycles. The highest BCUT2D eigenvalue weighted by Crippen LogP contribution is 2.24. The summed E-state index contributed by atoms with van der Waals surface area (Å²) in [6.45, 7) is 4.46. The van der Waals surface area contributed by atoms with E-state index in [1.807, 2.05) is 48.9 Å². The van der Waals surface area contributed by atoms with Gasteiger partial charge in [0.2, 0.25) is 5.91 Å². The summed E-state index contributed by atoms with van der Waals surface area (Å²) in [6.07, 6.45) is 2.35. The van der Waals surface area contributed by atoms with E-state index < -0.39 is 6.04 Å². The van der Waals surface area contributed by atoms with Crippen molar-refractivity contribution in [1.82, 2.24) is 14.7 Å². The van der Waals surface area contributed by atoms with Gasteiger partial charge >= 0.3 is 0 Å². The lowest BCUT2D eigenvalue weighted by Crippen LogP contribution is -2.49. The van der Waals surface area contributed by atoms with Crippen LogP contribution in [0.25, 0.3) is 5.69 Å². The van der Waals surface area contributed by atoms with E-state index in [9.17, 15) is 9.59 Å². The number of likely N-dealkylation sites (tertiary alicyclic amines) is 1. The number of benzene rings is 1. The van der Waals surface area contributed by atoms with E-state index >= 15 is 0 Å². The molecule has 2 aromatic heterocycles. The number of hydrogen-bond acceptors (Lipinski definition) is 5. The minimum atomic E-state index is -0.548. The number of carbonyl (C=O) groups excluding carboxylic acids is 2. The van der Waals surface area contributed by atoms with E-state index in [2.05, 4.69) is 10.4 Å². The quantitative estimate of drug-likeness (QED) is 0.677. The summed E-state index contributed by atoms with van der Waals surface area (Å²) in [6, 6.07) is 12.1. The van der Waals surface area contributed by atoms with Crippen LogP contribution in [-0.4, -0.2) is 46.2 Å². The van der Waals surface area contributed by atoms with Crippen molar-refractivity contribution in [3.05, 3.63) is 59.6 Å². The van der Waals surface area contributed by atoms with Crippen LogP contribution < -0.4 is 10.1 Å². The molecule has 0 radical (unpaired) electrons. The molecule has 8 heteroatoms. The molecule has 0 aliphatic carbocycles. The fourth-order valence-electron chi connectivity index (χ4n) is 3.94. The number of anilines is 1. The summed E-state index contributed by atoms with van der Waals surface area (Å²) in [5.41, 5.74) is 3.59. The van der Waals surface area contributed by atoms with Crippen LogP contribution in [0.4, 0.5) is 5.69 Å². The van der Waals surface area contributed by atoms with Crippen molar-refractivity contribution in [3.8, 4) is 11.6 Å². The summed E-state index contributed by atoms with van der Waals surface area (Å²) < 4.78 is 12.3. The highest BCUT2D eigenvalue weighted by atomic mass is 16.6. The largest absolute Gasteiger partial charge is 0.468 e. The zero-order chi connectivity index (χ0) is 22.0. The molecule has 2 amide bonds. The molecule has 1 aliphatic heterocycles. The highest BCUT2D eigenvalue weighted by Gasteiger charge is 2.34. The highest BCUT2D eigenvalue weighted by molar-refractivity contribution is 6.00. The third kappa shape index (κ3) is 4.33. The number of rotatable bonds is 5. The first-order chi connectivity index (χ1) is 15.0. The minimum absolute atomic E-state index is 0.172. The molecular weight excluding hydrogens is 396 g/mol. The number of hydrogen-bond donors (Lipinski definition) is 1. The fraction of sp³-hybridized carbons (Fsp3) is 0.348. The third-order valence-electron chi connectivity index (χ3n) is 5.45. The van der Waals surface area contributed by atoms with E-state index in [1.165, 1.54) is 7.11 Å². The van der Waals surface area contributed by atoms with Gasteiger partial charge in [0, 0.05) is 24.0 Å². The van der Waals surface area contributed by atoms with Crippen LogP contribution in [0.5, 0.6) is 5.95 Å². The Morgan fingerprint density at radius 2 is 1.90 bits per heavy atom. The van der Waals surface area contributed by atoms with Crippen LogP contribution in [0.15, 0.2) is 46.9 Å². The first-order valence-electron chi connectivity index (χ1n) is 10.4. The lowest BCUT2D eigenvalue weighted by atomic mass is 10.0. The second-order valence-electron chi connectivity index (χ2n) is 7.71. The van der Waals surface area contributed by atoms with Gasteiger partial charge in [-0.2, -0.15) is 5.10 Å². The lowest BCUT2D eigenvalue weighted by molar-refractivity contribution is -0.121. The zero-order valence-electron chi connectivity index (χ0n) is 17.9. The molecule has 8 nitrogen and oxygen atoms in total. The summed E-state index contributed by atoms with van der Waals surface area (Å²) in [5.74, 6) is -0.0664. The number of amides is 2. The molecule has 31 heavy (non-hydrogen) atoms. The standard InChI is InChI=1S/C23H26N4O4/c1-15-14-16(2)27(25-15)18-9-7-17(8-10-18)24-22(28)19-6-4-5-13-26(19)23(29)20-11-12-21(30-3)31-20/h7-12,14,19H,4-6,13H2,1-3H3,(H,24,28)/t19-/m1/s1. The molecule has 1 N–H and O–H groups in total. The van der Waals surface area contributed by atoms with E-state index in [1.54, 1.807) is 17.0 Å². The molecule has 1 aromatic carbocycles. The average Bonchev–Trinajstić information content (AvgIpc) is 3.39. The van der Waals surface area contributed by atoms with E-state index in [4.69, 9.17) is 9.15 Å². The Bertz CT molecular complexity index is 1080. The van der Waals surface area contributed by atoms with Crippen molar-refractivity contribution in [2.24, 2.45) is 0 Å². The molecule has 0 unspecified atom stereocenters. The summed E-state index contributed by atoms with van der Waals surface area (Å²) >= 11 is 0. The first kappa shape index (κ1) is 20.7. The number of nitrogens with zero attached hydrogens (tertiary/aromatic N) is 3. The second-order valence-corrected chi connectivity index (χ2v) is 7.71. The van der Waals surface area contributed by atoms with Gasteiger partial charge in [-0.1, -0.05) is 0 Å². The van der Waals surface area contributed by atoms with E-state index in [0.29, 0.717) is 18.7 Å². The molecule has 162 valence electrons. The monoisotopic (exact) mass is 422 g/mol. The van der Waals surface area contributed by atoms with Gasteiger partial charge in [0.05, 0.1) is 18.5 Å². The predicted molar refractivity (Wildman–Crippen MR) is 116 cm³/mol. The number of methoxy groups -OCH3 is 1. The Hall–Kier alpha value is -3.55. The Kier molecular flexibility index (Phi) is 5.79. The van der Waals surface area contributed by atoms with Gasteiger partial charge in [-0.3, -0.25) is 9.59 Å². The molecular formula is C23H26N4O4. The number of aromatic nitrogens is 2. The van der Waals surface area contributed by atoms with Crippen molar-refractivity contribution in [3.63, 3.8) is 0 Å². The molecule has 1 aliphatic rings. The molecule has 3 aromatic rings. The average molecular weight is 422 g/mol. The molecule has 1 atom stereocenters. The summed E-state index contributed by atoms with van der Waals surface area (Å²) in [4.78, 5) is 27.5.